The van der Waals surface area contributed by atoms with Crippen LogP contribution in [0.3, 0.4) is 0 Å². The predicted molar refractivity (Wildman–Crippen MR) is 205 cm³/mol. The number of allylic oxidation sites excluding steroid dienone is 4. The molecule has 0 aliphatic heterocycles. The van der Waals surface area contributed by atoms with E-state index >= 15 is 0 Å². The minimum Gasteiger partial charge on any atom is -0.263 e. The molecule has 4 nitrogen and oxygen atoms in total. The first-order chi connectivity index (χ1) is 24.2. The third-order valence-electron chi connectivity index (χ3n) is 9.53. The van der Waals surface area contributed by atoms with E-state index in [4.69, 9.17) is 10.5 Å². The maximum Gasteiger partial charge on any atom is 0.228 e. The summed E-state index contributed by atoms with van der Waals surface area (Å²) in [4.78, 5) is 4.45. The molecular weight excluding hydrogens is 597 g/mol. The van der Waals surface area contributed by atoms with Gasteiger partial charge in [0.1, 0.15) is 0 Å². The van der Waals surface area contributed by atoms with Crippen molar-refractivity contribution in [3.05, 3.63) is 176 Å². The van der Waals surface area contributed by atoms with Gasteiger partial charge in [0.2, 0.25) is 5.71 Å². The van der Waals surface area contributed by atoms with Gasteiger partial charge in [0, 0.05) is 41.6 Å². The number of hydrogen-bond acceptors (Lipinski definition) is 2. The van der Waals surface area contributed by atoms with Gasteiger partial charge in [0.15, 0.2) is 11.4 Å². The van der Waals surface area contributed by atoms with Crippen LogP contribution < -0.4 is 10.8 Å². The van der Waals surface area contributed by atoms with Gasteiger partial charge in [-0.15, -0.1) is 0 Å². The molecule has 0 spiro atoms. The second-order valence-electron chi connectivity index (χ2n) is 12.5. The summed E-state index contributed by atoms with van der Waals surface area (Å²) in [6, 6.07) is 49.5. The molecule has 1 aliphatic rings. The van der Waals surface area contributed by atoms with E-state index in [-0.39, 0.29) is 0 Å². The second-order valence-corrected chi connectivity index (χ2v) is 12.5. The Hall–Kier alpha value is -6.49. The van der Waals surface area contributed by atoms with Gasteiger partial charge in [-0.1, -0.05) is 120 Å². The lowest BCUT2D eigenvalue weighted by Gasteiger charge is -2.19. The lowest BCUT2D eigenvalue weighted by molar-refractivity contribution is -0.577. The molecule has 0 saturated heterocycles. The average molecular weight is 629 g/mol. The molecule has 7 aromatic carbocycles. The average Bonchev–Trinajstić information content (AvgIpc) is 3.16. The number of fused-ring (bicyclic) bond motifs is 4. The number of aromatic nitrogens is 1. The van der Waals surface area contributed by atoms with Crippen molar-refractivity contribution >= 4 is 65.8 Å². The van der Waals surface area contributed by atoms with Crippen LogP contribution in [0.15, 0.2) is 175 Å². The molecule has 1 aromatic heterocycles. The van der Waals surface area contributed by atoms with Gasteiger partial charge in [-0.2, -0.15) is 5.43 Å². The van der Waals surface area contributed by atoms with E-state index in [1.165, 1.54) is 54.4 Å². The molecule has 0 saturated carbocycles. The zero-order chi connectivity index (χ0) is 32.7. The Kier molecular flexibility index (Phi) is 7.00. The van der Waals surface area contributed by atoms with Crippen molar-refractivity contribution in [1.29, 1.82) is 0 Å². The Morgan fingerprint density at radius 3 is 1.80 bits per heavy atom. The van der Waals surface area contributed by atoms with Crippen LogP contribution in [0.5, 0.6) is 0 Å². The smallest absolute Gasteiger partial charge is 0.228 e. The van der Waals surface area contributed by atoms with Crippen LogP contribution >= 0.6 is 0 Å². The van der Waals surface area contributed by atoms with Gasteiger partial charge >= 0.3 is 0 Å². The summed E-state index contributed by atoms with van der Waals surface area (Å²) in [6.07, 6.45) is 10.1. The van der Waals surface area contributed by atoms with Gasteiger partial charge in [0.25, 0.3) is 0 Å². The molecule has 0 atom stereocenters. The zero-order valence-electron chi connectivity index (χ0n) is 26.7. The highest BCUT2D eigenvalue weighted by Gasteiger charge is 2.21. The number of benzene rings is 7. The summed E-state index contributed by atoms with van der Waals surface area (Å²) >= 11 is 0. The highest BCUT2D eigenvalue weighted by Crippen LogP contribution is 2.43. The van der Waals surface area contributed by atoms with Gasteiger partial charge < -0.3 is 0 Å². The van der Waals surface area contributed by atoms with Gasteiger partial charge in [-0.3, -0.25) is 10.4 Å². The monoisotopic (exact) mass is 628 g/mol. The molecule has 0 bridgehead atoms. The van der Waals surface area contributed by atoms with Crippen molar-refractivity contribution < 1.29 is 10.8 Å². The minimum absolute atomic E-state index is 0.638. The van der Waals surface area contributed by atoms with E-state index in [2.05, 4.69) is 151 Å². The van der Waals surface area contributed by atoms with E-state index < -0.39 is 0 Å². The fourth-order valence-electron chi connectivity index (χ4n) is 7.16. The van der Waals surface area contributed by atoms with Crippen LogP contribution in [0.25, 0.3) is 70.9 Å². The number of quaternary nitrogens is 1. The van der Waals surface area contributed by atoms with Crippen LogP contribution in [0, 0.1) is 0 Å². The Morgan fingerprint density at radius 1 is 0.510 bits per heavy atom. The van der Waals surface area contributed by atoms with Crippen LogP contribution in [-0.2, 0) is 0 Å². The molecule has 0 fully saturated rings. The van der Waals surface area contributed by atoms with Gasteiger partial charge in [-0.05, 0) is 89.8 Å². The lowest BCUT2D eigenvalue weighted by Crippen LogP contribution is -2.72. The Labute approximate surface area is 283 Å². The molecule has 0 unspecified atom stereocenters. The first-order valence-corrected chi connectivity index (χ1v) is 16.5. The van der Waals surface area contributed by atoms with Crippen molar-refractivity contribution in [2.24, 2.45) is 5.10 Å². The van der Waals surface area contributed by atoms with E-state index in [1.54, 1.807) is 0 Å². The molecule has 1 heterocycles. The zero-order valence-corrected chi connectivity index (χ0v) is 26.7. The van der Waals surface area contributed by atoms with Crippen LogP contribution in [0.1, 0.15) is 5.56 Å². The number of hydrogen-bond donors (Lipinski definition) is 2. The molecular formula is C45H32N4+2. The van der Waals surface area contributed by atoms with E-state index in [1.807, 2.05) is 30.0 Å². The normalized spacial score (nSPS) is 13.9. The summed E-state index contributed by atoms with van der Waals surface area (Å²) in [7, 11) is 0. The molecule has 0 amide bonds. The quantitative estimate of drug-likeness (QED) is 0.0649. The summed E-state index contributed by atoms with van der Waals surface area (Å²) in [5.41, 5.74) is 11.2. The maximum atomic E-state index is 6.72. The minimum atomic E-state index is 0.638. The SMILES string of the molecule is [NH2+]=C1C=C(c2c3ccccc3c(-c3ccc4ccccc4c3)c3ccccc23)C=CC1=N[NH2+]c1ccc(-c2cncc3ccccc23)cc1. The Balaban J connectivity index is 1.05. The predicted octanol–water partition coefficient (Wildman–Crippen LogP) is 8.43. The van der Waals surface area contributed by atoms with Crippen molar-refractivity contribution in [3.63, 3.8) is 0 Å². The van der Waals surface area contributed by atoms with Gasteiger partial charge in [0.05, 0.1) is 0 Å². The largest absolute Gasteiger partial charge is 0.263 e. The molecule has 4 heteroatoms. The third-order valence-corrected chi connectivity index (χ3v) is 9.53. The summed E-state index contributed by atoms with van der Waals surface area (Å²) in [5.74, 6) is 0. The van der Waals surface area contributed by atoms with Crippen molar-refractivity contribution in [2.75, 3.05) is 0 Å². The number of pyridine rings is 1. The lowest BCUT2D eigenvalue weighted by atomic mass is 9.84. The van der Waals surface area contributed by atoms with E-state index in [0.29, 0.717) is 5.71 Å². The molecule has 1 aliphatic carbocycles. The van der Waals surface area contributed by atoms with E-state index in [9.17, 15) is 0 Å². The topological polar surface area (TPSA) is 67.5 Å². The maximum absolute atomic E-state index is 6.72. The second kappa shape index (κ2) is 11.9. The molecule has 49 heavy (non-hydrogen) atoms. The summed E-state index contributed by atoms with van der Waals surface area (Å²) in [5, 5.41) is 21.1. The molecule has 230 valence electrons. The highest BCUT2D eigenvalue weighted by molar-refractivity contribution is 6.50. The number of rotatable bonds is 5. The van der Waals surface area contributed by atoms with Crippen molar-refractivity contribution in [2.45, 2.75) is 0 Å². The molecule has 4 N–H and O–H groups in total. The highest BCUT2D eigenvalue weighted by atomic mass is 15.3. The summed E-state index contributed by atoms with van der Waals surface area (Å²) in [6.45, 7) is 0. The number of nitrogens with two attached hydrogens (primary N) is 2. The Bertz CT molecular complexity index is 2640. The summed E-state index contributed by atoms with van der Waals surface area (Å²) < 4.78 is 0. The molecule has 9 rings (SSSR count). The van der Waals surface area contributed by atoms with Crippen LogP contribution in [-0.4, -0.2) is 16.4 Å². The molecule has 0 radical (unpaired) electrons. The third kappa shape index (κ3) is 5.12. The van der Waals surface area contributed by atoms with Gasteiger partial charge in [-0.25, -0.2) is 0 Å². The van der Waals surface area contributed by atoms with Crippen LogP contribution in [0.4, 0.5) is 5.69 Å². The fraction of sp³-hybridized carbons (Fsp3) is 0. The van der Waals surface area contributed by atoms with E-state index in [0.717, 1.165) is 33.5 Å². The van der Waals surface area contributed by atoms with Crippen LogP contribution in [0.2, 0.25) is 0 Å². The first-order valence-electron chi connectivity index (χ1n) is 16.5. The number of nitrogens with zero attached hydrogens (tertiary/aromatic N) is 2. The first kappa shape index (κ1) is 28.7. The fourth-order valence-corrected chi connectivity index (χ4v) is 7.16. The Morgan fingerprint density at radius 2 is 1.10 bits per heavy atom. The molecule has 8 aromatic rings. The van der Waals surface area contributed by atoms with Crippen molar-refractivity contribution in [1.82, 2.24) is 4.98 Å². The standard InChI is InChI=1S/C45H30N4/c46-42-26-33(21-24-43(42)49-48-35-22-19-30(20-23-35)41-28-47-27-34-11-3-4-12-36(34)41)45-39-15-7-5-13-37(39)44(38-14-6-8-16-40(38)45)32-18-17-29-9-1-2-10-31(29)25-32/h1-28,46,48H/p+2. The van der Waals surface area contributed by atoms with Crippen molar-refractivity contribution in [3.8, 4) is 22.3 Å².